The molecule has 0 bridgehead atoms. The van der Waals surface area contributed by atoms with Crippen molar-refractivity contribution in [2.45, 2.75) is 51.9 Å². The van der Waals surface area contributed by atoms with Crippen molar-refractivity contribution >= 4 is 5.78 Å². The molecular weight excluding hydrogens is 232 g/mol. The molecule has 1 aromatic carbocycles. The first kappa shape index (κ1) is 12.9. The number of ketones is 1. The lowest BCUT2D eigenvalue weighted by molar-refractivity contribution is 0.0800. The summed E-state index contributed by atoms with van der Waals surface area (Å²) in [5.41, 5.74) is 2.28. The van der Waals surface area contributed by atoms with Crippen LogP contribution in [-0.2, 0) is 6.42 Å². The van der Waals surface area contributed by atoms with Gasteiger partial charge in [-0.2, -0.15) is 0 Å². The van der Waals surface area contributed by atoms with Crippen molar-refractivity contribution in [2.75, 3.05) is 0 Å². The van der Waals surface area contributed by atoms with E-state index in [0.717, 1.165) is 24.3 Å². The Morgan fingerprint density at radius 1 is 1.05 bits per heavy atom. The van der Waals surface area contributed by atoms with E-state index in [1.54, 1.807) is 0 Å². The summed E-state index contributed by atoms with van der Waals surface area (Å²) in [6, 6.07) is 8.21. The summed E-state index contributed by atoms with van der Waals surface area (Å²) < 4.78 is 0. The highest BCUT2D eigenvalue weighted by Gasteiger charge is 2.35. The van der Waals surface area contributed by atoms with Gasteiger partial charge >= 0.3 is 0 Å². The van der Waals surface area contributed by atoms with Crippen molar-refractivity contribution in [1.82, 2.24) is 0 Å². The zero-order valence-corrected chi connectivity index (χ0v) is 11.9. The first-order chi connectivity index (χ1) is 9.29. The monoisotopic (exact) mass is 256 g/mol. The predicted molar refractivity (Wildman–Crippen MR) is 78.3 cm³/mol. The standard InChI is InChI=1S/C18H24O/c1-2-13-7-9-15(10-8-13)17-12-11-14-5-3-4-6-16(14)18(17)19/h3-6,13,15,17H,2,7-12H2,1H3. The van der Waals surface area contributed by atoms with Crippen LogP contribution in [0.1, 0.15) is 61.4 Å². The maximum Gasteiger partial charge on any atom is 0.166 e. The third-order valence-electron chi connectivity index (χ3n) is 5.38. The third kappa shape index (κ3) is 2.48. The van der Waals surface area contributed by atoms with Crippen LogP contribution in [0.2, 0.25) is 0 Å². The minimum absolute atomic E-state index is 0.313. The SMILES string of the molecule is CCC1CCC(C2CCc3ccccc3C2=O)CC1. The van der Waals surface area contributed by atoms with Crippen LogP contribution < -0.4 is 0 Å². The minimum Gasteiger partial charge on any atom is -0.294 e. The van der Waals surface area contributed by atoms with E-state index in [1.165, 1.54) is 37.7 Å². The summed E-state index contributed by atoms with van der Waals surface area (Å²) in [5.74, 6) is 2.32. The molecule has 1 saturated carbocycles. The van der Waals surface area contributed by atoms with E-state index < -0.39 is 0 Å². The molecule has 1 atom stereocenters. The molecule has 1 fully saturated rings. The number of hydrogen-bond donors (Lipinski definition) is 0. The van der Waals surface area contributed by atoms with E-state index in [2.05, 4.69) is 19.1 Å². The van der Waals surface area contributed by atoms with E-state index in [1.807, 2.05) is 12.1 Å². The highest BCUT2D eigenvalue weighted by Crippen LogP contribution is 2.40. The van der Waals surface area contributed by atoms with Gasteiger partial charge in [-0.05, 0) is 43.1 Å². The summed E-state index contributed by atoms with van der Waals surface area (Å²) >= 11 is 0. The maximum atomic E-state index is 12.7. The molecule has 0 spiro atoms. The van der Waals surface area contributed by atoms with Crippen LogP contribution in [0.15, 0.2) is 24.3 Å². The molecule has 0 aliphatic heterocycles. The van der Waals surface area contributed by atoms with Gasteiger partial charge < -0.3 is 0 Å². The van der Waals surface area contributed by atoms with Gasteiger partial charge in [0, 0.05) is 11.5 Å². The first-order valence-corrected chi connectivity index (χ1v) is 7.91. The molecule has 1 unspecified atom stereocenters. The van der Waals surface area contributed by atoms with Gasteiger partial charge in [-0.15, -0.1) is 0 Å². The molecule has 2 aliphatic carbocycles. The molecule has 102 valence electrons. The fraction of sp³-hybridized carbons (Fsp3) is 0.611. The Morgan fingerprint density at radius 2 is 1.79 bits per heavy atom. The minimum atomic E-state index is 0.313. The molecule has 0 heterocycles. The number of carbonyl (C=O) groups is 1. The smallest absolute Gasteiger partial charge is 0.166 e. The highest BCUT2D eigenvalue weighted by atomic mass is 16.1. The van der Waals surface area contributed by atoms with E-state index in [0.29, 0.717) is 17.6 Å². The average Bonchev–Trinajstić information content (AvgIpc) is 2.48. The Balaban J connectivity index is 1.72. The van der Waals surface area contributed by atoms with Gasteiger partial charge in [0.15, 0.2) is 5.78 Å². The Hall–Kier alpha value is -1.11. The molecule has 0 N–H and O–H groups in total. The molecular formula is C18H24O. The molecule has 3 rings (SSSR count). The lowest BCUT2D eigenvalue weighted by atomic mass is 9.69. The van der Waals surface area contributed by atoms with Gasteiger partial charge in [0.05, 0.1) is 0 Å². The Morgan fingerprint density at radius 3 is 2.53 bits per heavy atom. The van der Waals surface area contributed by atoms with Gasteiger partial charge in [-0.3, -0.25) is 4.79 Å². The summed E-state index contributed by atoms with van der Waals surface area (Å²) in [7, 11) is 0. The number of fused-ring (bicyclic) bond motifs is 1. The molecule has 0 radical (unpaired) electrons. The van der Waals surface area contributed by atoms with Crippen molar-refractivity contribution in [3.05, 3.63) is 35.4 Å². The number of hydrogen-bond acceptors (Lipinski definition) is 1. The van der Waals surface area contributed by atoms with E-state index >= 15 is 0 Å². The lowest BCUT2D eigenvalue weighted by Gasteiger charge is -2.35. The molecule has 0 amide bonds. The molecule has 0 aromatic heterocycles. The summed E-state index contributed by atoms with van der Waals surface area (Å²) in [6.07, 6.45) is 8.72. The number of rotatable bonds is 2. The zero-order chi connectivity index (χ0) is 13.2. The largest absolute Gasteiger partial charge is 0.294 e. The molecule has 1 aromatic rings. The second-order valence-corrected chi connectivity index (χ2v) is 6.36. The van der Waals surface area contributed by atoms with E-state index in [-0.39, 0.29) is 0 Å². The van der Waals surface area contributed by atoms with Gasteiger partial charge in [0.25, 0.3) is 0 Å². The lowest BCUT2D eigenvalue weighted by Crippen LogP contribution is -2.31. The summed E-state index contributed by atoms with van der Waals surface area (Å²) in [4.78, 5) is 12.7. The second-order valence-electron chi connectivity index (χ2n) is 6.36. The first-order valence-electron chi connectivity index (χ1n) is 7.91. The highest BCUT2D eigenvalue weighted by molar-refractivity contribution is 6.00. The van der Waals surface area contributed by atoms with Crippen LogP contribution in [0, 0.1) is 17.8 Å². The van der Waals surface area contributed by atoms with Crippen molar-refractivity contribution in [3.63, 3.8) is 0 Å². The topological polar surface area (TPSA) is 17.1 Å². The van der Waals surface area contributed by atoms with Crippen LogP contribution >= 0.6 is 0 Å². The van der Waals surface area contributed by atoms with Gasteiger partial charge in [-0.1, -0.05) is 50.5 Å². The number of benzene rings is 1. The van der Waals surface area contributed by atoms with Crippen molar-refractivity contribution in [3.8, 4) is 0 Å². The Bertz CT molecular complexity index is 455. The van der Waals surface area contributed by atoms with Crippen LogP contribution in [0.25, 0.3) is 0 Å². The van der Waals surface area contributed by atoms with Gasteiger partial charge in [-0.25, -0.2) is 0 Å². The van der Waals surface area contributed by atoms with Crippen LogP contribution in [0.5, 0.6) is 0 Å². The summed E-state index contributed by atoms with van der Waals surface area (Å²) in [5, 5.41) is 0. The average molecular weight is 256 g/mol. The number of aryl methyl sites for hydroxylation is 1. The van der Waals surface area contributed by atoms with Crippen molar-refractivity contribution in [1.29, 1.82) is 0 Å². The van der Waals surface area contributed by atoms with Crippen LogP contribution in [-0.4, -0.2) is 5.78 Å². The van der Waals surface area contributed by atoms with Gasteiger partial charge in [0.2, 0.25) is 0 Å². The van der Waals surface area contributed by atoms with E-state index in [9.17, 15) is 4.79 Å². The van der Waals surface area contributed by atoms with E-state index in [4.69, 9.17) is 0 Å². The number of carbonyl (C=O) groups excluding carboxylic acids is 1. The normalized spacial score (nSPS) is 31.0. The predicted octanol–water partition coefficient (Wildman–Crippen LogP) is 4.65. The van der Waals surface area contributed by atoms with Crippen molar-refractivity contribution < 1.29 is 4.79 Å². The van der Waals surface area contributed by atoms with Crippen molar-refractivity contribution in [2.24, 2.45) is 17.8 Å². The fourth-order valence-electron chi connectivity index (χ4n) is 4.07. The quantitative estimate of drug-likeness (QED) is 0.753. The molecule has 2 aliphatic rings. The molecule has 19 heavy (non-hydrogen) atoms. The molecule has 1 heteroatoms. The van der Waals surface area contributed by atoms with Crippen LogP contribution in [0.3, 0.4) is 0 Å². The second kappa shape index (κ2) is 5.48. The molecule has 0 saturated heterocycles. The third-order valence-corrected chi connectivity index (χ3v) is 5.38. The zero-order valence-electron chi connectivity index (χ0n) is 11.9. The maximum absolute atomic E-state index is 12.7. The van der Waals surface area contributed by atoms with Crippen LogP contribution in [0.4, 0.5) is 0 Å². The number of Topliss-reactive ketones (excluding diaryl/α,β-unsaturated/α-hetero) is 1. The Kier molecular flexibility index (Phi) is 3.72. The summed E-state index contributed by atoms with van der Waals surface area (Å²) in [6.45, 7) is 2.30. The van der Waals surface area contributed by atoms with Gasteiger partial charge in [0.1, 0.15) is 0 Å². The fourth-order valence-corrected chi connectivity index (χ4v) is 4.07. The Labute approximate surface area is 116 Å². The molecule has 1 nitrogen and oxygen atoms in total.